The van der Waals surface area contributed by atoms with Crippen molar-refractivity contribution in [2.24, 2.45) is 0 Å². The predicted octanol–water partition coefficient (Wildman–Crippen LogP) is 3.57. The van der Waals surface area contributed by atoms with Gasteiger partial charge < -0.3 is 20.1 Å². The number of aromatic nitrogens is 2. The summed E-state index contributed by atoms with van der Waals surface area (Å²) in [5.74, 6) is 0.949. The number of hydrogen-bond donors (Lipinski definition) is 2. The monoisotopic (exact) mass is 422 g/mol. The lowest BCUT2D eigenvalue weighted by Crippen LogP contribution is -2.30. The van der Waals surface area contributed by atoms with Crippen LogP contribution in [0.2, 0.25) is 0 Å². The highest BCUT2D eigenvalue weighted by atomic mass is 16.5. The second-order valence-electron chi connectivity index (χ2n) is 7.26. The number of aryl methyl sites for hydroxylation is 3. The third-order valence-corrected chi connectivity index (χ3v) is 4.60. The summed E-state index contributed by atoms with van der Waals surface area (Å²) in [7, 11) is 3.05. The lowest BCUT2D eigenvalue weighted by molar-refractivity contribution is -0.116. The Kier molecular flexibility index (Phi) is 6.59. The Hall–Kier alpha value is -3.81. The van der Waals surface area contributed by atoms with E-state index < -0.39 is 5.91 Å². The minimum absolute atomic E-state index is 0.223. The first-order valence-corrected chi connectivity index (χ1v) is 9.74. The van der Waals surface area contributed by atoms with Crippen molar-refractivity contribution in [3.8, 4) is 11.5 Å². The number of methoxy groups -OCH3 is 2. The maximum Gasteiger partial charge on any atom is 0.255 e. The van der Waals surface area contributed by atoms with Crippen LogP contribution in [0, 0.1) is 20.8 Å². The van der Waals surface area contributed by atoms with Gasteiger partial charge in [0.1, 0.15) is 18.0 Å². The van der Waals surface area contributed by atoms with Crippen LogP contribution in [0.15, 0.2) is 47.3 Å². The topological polar surface area (TPSA) is 94.5 Å². The molecule has 1 amide bonds. The zero-order chi connectivity index (χ0) is 22.5. The minimum Gasteiger partial charge on any atom is -0.497 e. The van der Waals surface area contributed by atoms with E-state index in [4.69, 9.17) is 9.47 Å². The average molecular weight is 422 g/mol. The summed E-state index contributed by atoms with van der Waals surface area (Å²) >= 11 is 0. The van der Waals surface area contributed by atoms with E-state index in [9.17, 15) is 9.59 Å². The molecule has 0 saturated carbocycles. The number of nitrogens with zero attached hydrogens (tertiary/aromatic N) is 2. The molecule has 0 radical (unpaired) electrons. The summed E-state index contributed by atoms with van der Waals surface area (Å²) in [6.07, 6.45) is 0. The highest BCUT2D eigenvalue weighted by Gasteiger charge is 2.14. The van der Waals surface area contributed by atoms with Gasteiger partial charge in [-0.05, 0) is 56.2 Å². The van der Waals surface area contributed by atoms with Crippen molar-refractivity contribution >= 4 is 23.2 Å². The zero-order valence-corrected chi connectivity index (χ0v) is 18.3. The lowest BCUT2D eigenvalue weighted by atomic mass is 10.1. The van der Waals surface area contributed by atoms with Gasteiger partial charge in [-0.15, -0.1) is 0 Å². The Morgan fingerprint density at radius 2 is 1.71 bits per heavy atom. The summed E-state index contributed by atoms with van der Waals surface area (Å²) in [6.45, 7) is 5.49. The number of amides is 1. The van der Waals surface area contributed by atoms with Crippen molar-refractivity contribution < 1.29 is 14.3 Å². The number of ether oxygens (including phenoxy) is 2. The molecular formula is C23H26N4O4. The van der Waals surface area contributed by atoms with Crippen LogP contribution in [0.4, 0.5) is 17.3 Å². The van der Waals surface area contributed by atoms with E-state index in [1.54, 1.807) is 25.1 Å². The maximum atomic E-state index is 12.8. The molecular weight excluding hydrogens is 396 g/mol. The highest BCUT2D eigenvalue weighted by molar-refractivity contribution is 5.92. The van der Waals surface area contributed by atoms with Crippen LogP contribution in [-0.4, -0.2) is 29.7 Å². The van der Waals surface area contributed by atoms with Crippen LogP contribution in [0.5, 0.6) is 11.5 Å². The van der Waals surface area contributed by atoms with Crippen LogP contribution in [0.3, 0.4) is 0 Å². The third-order valence-electron chi connectivity index (χ3n) is 4.60. The highest BCUT2D eigenvalue weighted by Crippen LogP contribution is 2.29. The van der Waals surface area contributed by atoms with Gasteiger partial charge in [-0.25, -0.2) is 4.98 Å². The van der Waals surface area contributed by atoms with E-state index in [-0.39, 0.29) is 12.1 Å². The maximum absolute atomic E-state index is 12.8. The molecule has 1 heterocycles. The molecule has 162 valence electrons. The molecule has 2 N–H and O–H groups in total. The molecule has 0 aliphatic rings. The number of carbonyl (C=O) groups excluding carboxylic acids is 1. The van der Waals surface area contributed by atoms with Crippen LogP contribution in [0.25, 0.3) is 0 Å². The molecule has 0 fully saturated rings. The summed E-state index contributed by atoms with van der Waals surface area (Å²) in [5.41, 5.74) is 3.62. The van der Waals surface area contributed by atoms with Crippen LogP contribution in [0.1, 0.15) is 16.8 Å². The SMILES string of the molecule is COc1ccc(OC)c(NC(=O)Cn2c(Nc3cc(C)cc(C)c3)nc(C)cc2=O)c1. The molecule has 0 atom stereocenters. The molecule has 0 spiro atoms. The second-order valence-corrected chi connectivity index (χ2v) is 7.26. The summed E-state index contributed by atoms with van der Waals surface area (Å²) < 4.78 is 11.8. The van der Waals surface area contributed by atoms with Crippen LogP contribution in [-0.2, 0) is 11.3 Å². The van der Waals surface area contributed by atoms with Gasteiger partial charge in [0.2, 0.25) is 11.9 Å². The van der Waals surface area contributed by atoms with Gasteiger partial charge in [0.05, 0.1) is 19.9 Å². The van der Waals surface area contributed by atoms with E-state index in [0.717, 1.165) is 16.8 Å². The third kappa shape index (κ3) is 5.42. The van der Waals surface area contributed by atoms with E-state index in [1.165, 1.54) is 24.9 Å². The van der Waals surface area contributed by atoms with Gasteiger partial charge in [0, 0.05) is 23.5 Å². The van der Waals surface area contributed by atoms with Crippen molar-refractivity contribution in [1.82, 2.24) is 9.55 Å². The number of benzene rings is 2. The lowest BCUT2D eigenvalue weighted by Gasteiger charge is -2.16. The molecule has 3 aromatic rings. The van der Waals surface area contributed by atoms with Gasteiger partial charge >= 0.3 is 0 Å². The number of nitrogens with one attached hydrogen (secondary N) is 2. The van der Waals surface area contributed by atoms with Crippen molar-refractivity contribution in [3.63, 3.8) is 0 Å². The summed E-state index contributed by atoms with van der Waals surface area (Å²) in [5, 5.41) is 5.95. The van der Waals surface area contributed by atoms with E-state index in [0.29, 0.717) is 28.8 Å². The van der Waals surface area contributed by atoms with Gasteiger partial charge in [0.25, 0.3) is 5.56 Å². The number of hydrogen-bond acceptors (Lipinski definition) is 6. The molecule has 0 unspecified atom stereocenters. The number of anilines is 3. The fraction of sp³-hybridized carbons (Fsp3) is 0.261. The fourth-order valence-electron chi connectivity index (χ4n) is 3.29. The molecule has 8 heteroatoms. The van der Waals surface area contributed by atoms with Crippen LogP contribution >= 0.6 is 0 Å². The Bertz CT molecular complexity index is 1150. The molecule has 0 aliphatic carbocycles. The zero-order valence-electron chi connectivity index (χ0n) is 18.3. The van der Waals surface area contributed by atoms with Crippen molar-refractivity contribution in [3.05, 3.63) is 69.6 Å². The number of rotatable bonds is 7. The molecule has 0 saturated heterocycles. The second kappa shape index (κ2) is 9.34. The molecule has 0 bridgehead atoms. The first kappa shape index (κ1) is 21.9. The summed E-state index contributed by atoms with van der Waals surface area (Å²) in [4.78, 5) is 29.9. The Balaban J connectivity index is 1.89. The molecule has 3 rings (SSSR count). The molecule has 2 aromatic carbocycles. The van der Waals surface area contributed by atoms with Gasteiger partial charge in [-0.1, -0.05) is 6.07 Å². The average Bonchev–Trinajstić information content (AvgIpc) is 2.69. The fourth-order valence-corrected chi connectivity index (χ4v) is 3.29. The van der Waals surface area contributed by atoms with Gasteiger partial charge in [-0.2, -0.15) is 0 Å². The minimum atomic E-state index is -0.400. The van der Waals surface area contributed by atoms with Crippen molar-refractivity contribution in [2.75, 3.05) is 24.9 Å². The van der Waals surface area contributed by atoms with Gasteiger partial charge in [-0.3, -0.25) is 14.2 Å². The van der Waals surface area contributed by atoms with E-state index >= 15 is 0 Å². The standard InChI is InChI=1S/C23H26N4O4/c1-14-8-15(2)10-17(9-14)25-23-24-16(3)11-22(29)27(23)13-21(28)26-19-12-18(30-4)6-7-20(19)31-5/h6-12H,13H2,1-5H3,(H,24,25)(H,26,28). The molecule has 1 aromatic heterocycles. The Labute approximate surface area is 180 Å². The largest absolute Gasteiger partial charge is 0.497 e. The Morgan fingerprint density at radius 3 is 2.35 bits per heavy atom. The molecule has 31 heavy (non-hydrogen) atoms. The van der Waals surface area contributed by atoms with Crippen molar-refractivity contribution in [1.29, 1.82) is 0 Å². The first-order chi connectivity index (χ1) is 14.8. The van der Waals surface area contributed by atoms with E-state index in [1.807, 2.05) is 26.0 Å². The molecule has 8 nitrogen and oxygen atoms in total. The van der Waals surface area contributed by atoms with E-state index in [2.05, 4.69) is 21.7 Å². The predicted molar refractivity (Wildman–Crippen MR) is 121 cm³/mol. The summed E-state index contributed by atoms with van der Waals surface area (Å²) in [6, 6.07) is 12.4. The van der Waals surface area contributed by atoms with Crippen molar-refractivity contribution in [2.45, 2.75) is 27.3 Å². The van der Waals surface area contributed by atoms with Crippen LogP contribution < -0.4 is 25.7 Å². The number of carbonyl (C=O) groups is 1. The first-order valence-electron chi connectivity index (χ1n) is 9.74. The normalized spacial score (nSPS) is 10.5. The molecule has 0 aliphatic heterocycles. The van der Waals surface area contributed by atoms with Gasteiger partial charge in [0.15, 0.2) is 0 Å². The smallest absolute Gasteiger partial charge is 0.255 e. The quantitative estimate of drug-likeness (QED) is 0.605. The Morgan fingerprint density at radius 1 is 1.00 bits per heavy atom.